The SMILES string of the molecule is C=C1C(=O)O[C@@H]2CC(C)=C([C@@H](C)CCCOC(C)=O)[C@@H](OC(=O)COc3cccc4n[nH]nc34)[C@H]12. The first-order valence-electron chi connectivity index (χ1n) is 11.6. The Morgan fingerprint density at radius 3 is 2.89 bits per heavy atom. The third-order valence-electron chi connectivity index (χ3n) is 6.49. The normalized spacial score (nSPS) is 22.5. The smallest absolute Gasteiger partial charge is 0.344 e. The van der Waals surface area contributed by atoms with Crippen LogP contribution in [-0.4, -0.2) is 58.7 Å². The molecule has 1 N–H and O–H groups in total. The van der Waals surface area contributed by atoms with Crippen molar-refractivity contribution in [1.82, 2.24) is 15.4 Å². The Kier molecular flexibility index (Phi) is 7.18. The van der Waals surface area contributed by atoms with Gasteiger partial charge in [-0.1, -0.05) is 25.1 Å². The fraction of sp³-hybridized carbons (Fsp3) is 0.480. The number of rotatable bonds is 9. The van der Waals surface area contributed by atoms with Crippen LogP contribution in [0.1, 0.15) is 40.0 Å². The lowest BCUT2D eigenvalue weighted by Crippen LogP contribution is -2.41. The van der Waals surface area contributed by atoms with Gasteiger partial charge in [0.2, 0.25) is 0 Å². The number of hydrogen-bond donors (Lipinski definition) is 1. The highest BCUT2D eigenvalue weighted by atomic mass is 16.6. The molecule has 0 unspecified atom stereocenters. The number of carbonyl (C=O) groups excluding carboxylic acids is 3. The maximum atomic E-state index is 12.9. The second-order valence-electron chi connectivity index (χ2n) is 8.96. The molecule has 10 heteroatoms. The molecule has 2 aromatic rings. The molecule has 0 spiro atoms. The van der Waals surface area contributed by atoms with Crippen molar-refractivity contribution < 1.29 is 33.3 Å². The van der Waals surface area contributed by atoms with Crippen LogP contribution in [0.3, 0.4) is 0 Å². The van der Waals surface area contributed by atoms with Crippen molar-refractivity contribution in [3.8, 4) is 5.75 Å². The van der Waals surface area contributed by atoms with Crippen LogP contribution >= 0.6 is 0 Å². The first kappa shape index (κ1) is 24.4. The first-order chi connectivity index (χ1) is 16.8. The maximum absolute atomic E-state index is 12.9. The van der Waals surface area contributed by atoms with Gasteiger partial charge < -0.3 is 18.9 Å². The topological polar surface area (TPSA) is 130 Å². The van der Waals surface area contributed by atoms with Gasteiger partial charge in [0, 0.05) is 18.9 Å². The molecule has 4 atom stereocenters. The molecule has 0 amide bonds. The van der Waals surface area contributed by atoms with Gasteiger partial charge in [-0.3, -0.25) is 4.79 Å². The summed E-state index contributed by atoms with van der Waals surface area (Å²) >= 11 is 0. The van der Waals surface area contributed by atoms with E-state index in [0.717, 1.165) is 17.6 Å². The molecular weight excluding hydrogens is 454 g/mol. The van der Waals surface area contributed by atoms with Crippen LogP contribution in [0.15, 0.2) is 41.5 Å². The van der Waals surface area contributed by atoms with Crippen molar-refractivity contribution in [2.24, 2.45) is 11.8 Å². The van der Waals surface area contributed by atoms with E-state index in [0.29, 0.717) is 41.8 Å². The Hall–Kier alpha value is -3.69. The second-order valence-corrected chi connectivity index (χ2v) is 8.96. The minimum absolute atomic E-state index is 0.0256. The Bertz CT molecular complexity index is 1180. The predicted molar refractivity (Wildman–Crippen MR) is 124 cm³/mol. The summed E-state index contributed by atoms with van der Waals surface area (Å²) in [6, 6.07) is 5.22. The molecule has 0 radical (unpaired) electrons. The molecule has 2 aliphatic rings. The Labute approximate surface area is 202 Å². The van der Waals surface area contributed by atoms with Crippen LogP contribution in [0.4, 0.5) is 0 Å². The van der Waals surface area contributed by atoms with Crippen LogP contribution < -0.4 is 4.74 Å². The number of carbonyl (C=O) groups is 3. The standard InChI is InChI=1S/C25H29N3O7/c1-13(7-6-10-32-16(4)29)21-14(2)11-19-22(15(3)25(31)34-19)24(21)35-20(30)12-33-18-9-5-8-17-23(18)27-28-26-17/h5,8-9,13,19,22,24H,3,6-7,10-12H2,1-2,4H3,(H,26,27,28)/t13-,19+,22+,24+/m0/s1. The van der Waals surface area contributed by atoms with Gasteiger partial charge in [0.05, 0.1) is 12.5 Å². The highest BCUT2D eigenvalue weighted by molar-refractivity contribution is 5.91. The van der Waals surface area contributed by atoms with E-state index in [9.17, 15) is 14.4 Å². The summed E-state index contributed by atoms with van der Waals surface area (Å²) in [5.41, 5.74) is 3.39. The summed E-state index contributed by atoms with van der Waals surface area (Å²) in [7, 11) is 0. The van der Waals surface area contributed by atoms with Gasteiger partial charge in [0.25, 0.3) is 0 Å². The third-order valence-corrected chi connectivity index (χ3v) is 6.49. The van der Waals surface area contributed by atoms with Crippen molar-refractivity contribution in [3.63, 3.8) is 0 Å². The Morgan fingerprint density at radius 1 is 1.31 bits per heavy atom. The number of ether oxygens (including phenoxy) is 4. The zero-order valence-corrected chi connectivity index (χ0v) is 20.0. The summed E-state index contributed by atoms with van der Waals surface area (Å²) in [5, 5.41) is 10.6. The van der Waals surface area contributed by atoms with E-state index in [2.05, 4.69) is 22.0 Å². The minimum atomic E-state index is -0.699. The summed E-state index contributed by atoms with van der Waals surface area (Å²) in [5.74, 6) is -1.39. The highest BCUT2D eigenvalue weighted by Gasteiger charge is 2.50. The summed E-state index contributed by atoms with van der Waals surface area (Å²) < 4.78 is 22.2. The second kappa shape index (κ2) is 10.3. The number of nitrogens with zero attached hydrogens (tertiary/aromatic N) is 2. The quantitative estimate of drug-likeness (QED) is 0.188. The minimum Gasteiger partial charge on any atom is -0.479 e. The predicted octanol–water partition coefficient (Wildman–Crippen LogP) is 3.05. The van der Waals surface area contributed by atoms with E-state index >= 15 is 0 Å². The van der Waals surface area contributed by atoms with Crippen molar-refractivity contribution in [1.29, 1.82) is 0 Å². The van der Waals surface area contributed by atoms with E-state index in [-0.39, 0.29) is 18.5 Å². The molecule has 186 valence electrons. The summed E-state index contributed by atoms with van der Waals surface area (Å²) in [6.45, 7) is 9.27. The number of H-pyrrole nitrogens is 1. The van der Waals surface area contributed by atoms with Gasteiger partial charge in [-0.2, -0.15) is 15.4 Å². The fourth-order valence-electron chi connectivity index (χ4n) is 4.92. The monoisotopic (exact) mass is 483 g/mol. The number of nitrogens with one attached hydrogen (secondary N) is 1. The third kappa shape index (κ3) is 5.21. The molecule has 1 fully saturated rings. The lowest BCUT2D eigenvalue weighted by atomic mass is 9.73. The number of esters is 3. The van der Waals surface area contributed by atoms with Crippen LogP contribution in [0.25, 0.3) is 11.0 Å². The molecule has 10 nitrogen and oxygen atoms in total. The Morgan fingerprint density at radius 2 is 2.11 bits per heavy atom. The van der Waals surface area contributed by atoms with E-state index in [1.165, 1.54) is 6.92 Å². The molecule has 4 rings (SSSR count). The van der Waals surface area contributed by atoms with Gasteiger partial charge >= 0.3 is 17.9 Å². The zero-order valence-electron chi connectivity index (χ0n) is 20.0. The van der Waals surface area contributed by atoms with Gasteiger partial charge in [-0.15, -0.1) is 0 Å². The number of para-hydroxylation sites is 1. The van der Waals surface area contributed by atoms with Crippen molar-refractivity contribution in [3.05, 3.63) is 41.5 Å². The van der Waals surface area contributed by atoms with Crippen molar-refractivity contribution in [2.45, 2.75) is 52.2 Å². The average molecular weight is 484 g/mol. The maximum Gasteiger partial charge on any atom is 0.344 e. The summed E-state index contributed by atoms with van der Waals surface area (Å²) in [4.78, 5) is 36.3. The van der Waals surface area contributed by atoms with Crippen molar-refractivity contribution in [2.75, 3.05) is 13.2 Å². The van der Waals surface area contributed by atoms with E-state index in [4.69, 9.17) is 18.9 Å². The van der Waals surface area contributed by atoms with E-state index < -0.39 is 30.1 Å². The lowest BCUT2D eigenvalue weighted by Gasteiger charge is -2.37. The first-order valence-corrected chi connectivity index (χ1v) is 11.6. The molecule has 1 saturated heterocycles. The molecule has 1 aliphatic carbocycles. The van der Waals surface area contributed by atoms with Gasteiger partial charge in [-0.25, -0.2) is 9.59 Å². The van der Waals surface area contributed by atoms with E-state index in [1.807, 2.05) is 13.8 Å². The molecular formula is C25H29N3O7. The summed E-state index contributed by atoms with van der Waals surface area (Å²) in [6.07, 6.45) is 0.813. The molecule has 0 saturated carbocycles. The average Bonchev–Trinajstić information content (AvgIpc) is 3.39. The van der Waals surface area contributed by atoms with E-state index in [1.54, 1.807) is 18.2 Å². The number of fused-ring (bicyclic) bond motifs is 2. The molecule has 1 aromatic carbocycles. The largest absolute Gasteiger partial charge is 0.479 e. The fourth-order valence-corrected chi connectivity index (χ4v) is 4.92. The van der Waals surface area contributed by atoms with Gasteiger partial charge in [0.1, 0.15) is 23.5 Å². The zero-order chi connectivity index (χ0) is 25.1. The molecule has 0 bridgehead atoms. The highest BCUT2D eigenvalue weighted by Crippen LogP contribution is 2.45. The number of benzene rings is 1. The van der Waals surface area contributed by atoms with Gasteiger partial charge in [-0.05, 0) is 43.4 Å². The molecule has 1 aromatic heterocycles. The lowest BCUT2D eigenvalue weighted by molar-refractivity contribution is -0.153. The van der Waals surface area contributed by atoms with Crippen LogP contribution in [-0.2, 0) is 28.6 Å². The Balaban J connectivity index is 1.49. The number of aromatic amines is 1. The van der Waals surface area contributed by atoms with Crippen LogP contribution in [0.5, 0.6) is 5.75 Å². The van der Waals surface area contributed by atoms with Crippen molar-refractivity contribution >= 4 is 28.9 Å². The number of aromatic nitrogens is 3. The van der Waals surface area contributed by atoms with Crippen LogP contribution in [0.2, 0.25) is 0 Å². The number of hydrogen-bond acceptors (Lipinski definition) is 9. The molecule has 35 heavy (non-hydrogen) atoms. The molecule has 1 aliphatic heterocycles. The van der Waals surface area contributed by atoms with Crippen LogP contribution in [0, 0.1) is 11.8 Å². The van der Waals surface area contributed by atoms with Gasteiger partial charge in [0.15, 0.2) is 12.1 Å². The molecule has 2 heterocycles.